The SMILES string of the molecule is Cc1ccc(C2=C(Nc3ccc(N(C)C)cc3)C(=O)N(CC(C)C)C2=O)c(C)c1. The first-order valence-electron chi connectivity index (χ1n) is 9.91. The van der Waals surface area contributed by atoms with Crippen LogP contribution in [0.25, 0.3) is 5.57 Å². The lowest BCUT2D eigenvalue weighted by Crippen LogP contribution is -2.35. The van der Waals surface area contributed by atoms with Crippen molar-refractivity contribution in [3.63, 3.8) is 0 Å². The summed E-state index contributed by atoms with van der Waals surface area (Å²) in [6.45, 7) is 8.40. The minimum absolute atomic E-state index is 0.196. The molecule has 29 heavy (non-hydrogen) atoms. The van der Waals surface area contributed by atoms with Crippen LogP contribution in [0, 0.1) is 19.8 Å². The van der Waals surface area contributed by atoms with Crippen LogP contribution in [0.4, 0.5) is 11.4 Å². The number of rotatable bonds is 6. The fraction of sp³-hybridized carbons (Fsp3) is 0.333. The van der Waals surface area contributed by atoms with Crippen molar-refractivity contribution >= 4 is 28.8 Å². The summed E-state index contributed by atoms with van der Waals surface area (Å²) in [5.74, 6) is -0.305. The molecule has 1 aliphatic rings. The topological polar surface area (TPSA) is 52.7 Å². The van der Waals surface area contributed by atoms with Crippen LogP contribution in [0.1, 0.15) is 30.5 Å². The van der Waals surface area contributed by atoms with Crippen LogP contribution in [-0.4, -0.2) is 37.4 Å². The number of imide groups is 1. The van der Waals surface area contributed by atoms with Gasteiger partial charge in [-0.05, 0) is 55.2 Å². The van der Waals surface area contributed by atoms with Crippen molar-refractivity contribution in [2.45, 2.75) is 27.7 Å². The van der Waals surface area contributed by atoms with Crippen LogP contribution < -0.4 is 10.2 Å². The number of hydrogen-bond acceptors (Lipinski definition) is 4. The number of anilines is 2. The van der Waals surface area contributed by atoms with Gasteiger partial charge in [-0.2, -0.15) is 0 Å². The molecule has 3 rings (SSSR count). The van der Waals surface area contributed by atoms with Gasteiger partial charge >= 0.3 is 0 Å². The molecule has 5 heteroatoms. The molecular weight excluding hydrogens is 362 g/mol. The first-order chi connectivity index (χ1) is 13.7. The van der Waals surface area contributed by atoms with Crippen LogP contribution in [-0.2, 0) is 9.59 Å². The number of benzene rings is 2. The van der Waals surface area contributed by atoms with Gasteiger partial charge in [0.2, 0.25) is 0 Å². The van der Waals surface area contributed by atoms with E-state index in [0.717, 1.165) is 28.1 Å². The standard InChI is InChI=1S/C24H29N3O2/c1-15(2)14-27-23(28)21(20-12-7-16(3)13-17(20)4)22(24(27)29)25-18-8-10-19(11-9-18)26(5)6/h7-13,15,25H,14H2,1-6H3. The lowest BCUT2D eigenvalue weighted by atomic mass is 9.97. The summed E-state index contributed by atoms with van der Waals surface area (Å²) >= 11 is 0. The van der Waals surface area contributed by atoms with Gasteiger partial charge in [-0.1, -0.05) is 37.6 Å². The van der Waals surface area contributed by atoms with Crippen LogP contribution in [0.2, 0.25) is 0 Å². The van der Waals surface area contributed by atoms with Crippen LogP contribution in [0.15, 0.2) is 48.2 Å². The molecule has 1 aliphatic heterocycles. The van der Waals surface area contributed by atoms with Gasteiger partial charge in [-0.25, -0.2) is 0 Å². The second-order valence-electron chi connectivity index (χ2n) is 8.25. The summed E-state index contributed by atoms with van der Waals surface area (Å²) in [5, 5.41) is 3.23. The van der Waals surface area contributed by atoms with Crippen LogP contribution in [0.5, 0.6) is 0 Å². The van der Waals surface area contributed by atoms with E-state index >= 15 is 0 Å². The van der Waals surface area contributed by atoms with Crippen molar-refractivity contribution < 1.29 is 9.59 Å². The summed E-state index contributed by atoms with van der Waals surface area (Å²) in [5.41, 5.74) is 5.54. The summed E-state index contributed by atoms with van der Waals surface area (Å²) in [6.07, 6.45) is 0. The lowest BCUT2D eigenvalue weighted by Gasteiger charge is -2.17. The number of carbonyl (C=O) groups excluding carboxylic acids is 2. The quantitative estimate of drug-likeness (QED) is 0.749. The van der Waals surface area contributed by atoms with Gasteiger partial charge in [0.05, 0.1) is 5.57 Å². The average Bonchev–Trinajstić information content (AvgIpc) is 2.87. The number of nitrogens with zero attached hydrogens (tertiary/aromatic N) is 2. The second kappa shape index (κ2) is 8.11. The molecule has 0 saturated heterocycles. The van der Waals surface area contributed by atoms with E-state index in [-0.39, 0.29) is 17.7 Å². The molecule has 0 spiro atoms. The summed E-state index contributed by atoms with van der Waals surface area (Å²) in [4.78, 5) is 29.8. The van der Waals surface area contributed by atoms with E-state index < -0.39 is 0 Å². The van der Waals surface area contributed by atoms with Gasteiger partial charge in [0.25, 0.3) is 11.8 Å². The zero-order valence-corrected chi connectivity index (χ0v) is 18.0. The molecule has 0 atom stereocenters. The Labute approximate surface area is 173 Å². The highest BCUT2D eigenvalue weighted by Gasteiger charge is 2.39. The summed E-state index contributed by atoms with van der Waals surface area (Å²) in [7, 11) is 3.96. The maximum absolute atomic E-state index is 13.2. The Kier molecular flexibility index (Phi) is 5.78. The van der Waals surface area contributed by atoms with Crippen LogP contribution >= 0.6 is 0 Å². The normalized spacial score (nSPS) is 14.2. The van der Waals surface area contributed by atoms with Crippen molar-refractivity contribution in [1.29, 1.82) is 0 Å². The molecular formula is C24H29N3O2. The third-order valence-corrected chi connectivity index (χ3v) is 5.02. The van der Waals surface area contributed by atoms with E-state index in [1.807, 2.05) is 89.2 Å². The van der Waals surface area contributed by atoms with E-state index in [2.05, 4.69) is 5.32 Å². The smallest absolute Gasteiger partial charge is 0.278 e. The Morgan fingerprint density at radius 2 is 1.62 bits per heavy atom. The van der Waals surface area contributed by atoms with Crippen molar-refractivity contribution in [1.82, 2.24) is 4.90 Å². The monoisotopic (exact) mass is 391 g/mol. The second-order valence-corrected chi connectivity index (χ2v) is 8.25. The molecule has 0 aromatic heterocycles. The molecule has 0 saturated carbocycles. The van der Waals surface area contributed by atoms with E-state index in [4.69, 9.17) is 0 Å². The zero-order valence-electron chi connectivity index (χ0n) is 18.0. The van der Waals surface area contributed by atoms with Gasteiger partial charge in [0.15, 0.2) is 0 Å². The van der Waals surface area contributed by atoms with Crippen molar-refractivity contribution in [2.75, 3.05) is 30.9 Å². The average molecular weight is 392 g/mol. The molecule has 0 fully saturated rings. The Morgan fingerprint density at radius 3 is 2.17 bits per heavy atom. The first kappa shape index (κ1) is 20.6. The highest BCUT2D eigenvalue weighted by Crippen LogP contribution is 2.33. The van der Waals surface area contributed by atoms with Crippen molar-refractivity contribution in [3.05, 3.63) is 64.9 Å². The van der Waals surface area contributed by atoms with Crippen molar-refractivity contribution in [3.8, 4) is 0 Å². The molecule has 1 heterocycles. The van der Waals surface area contributed by atoms with E-state index in [1.54, 1.807) is 0 Å². The minimum atomic E-state index is -0.268. The third kappa shape index (κ3) is 4.19. The van der Waals surface area contributed by atoms with E-state index in [9.17, 15) is 9.59 Å². The molecule has 152 valence electrons. The Morgan fingerprint density at radius 1 is 0.966 bits per heavy atom. The highest BCUT2D eigenvalue weighted by molar-refractivity contribution is 6.36. The molecule has 0 bridgehead atoms. The molecule has 2 amide bonds. The molecule has 2 aromatic rings. The number of nitrogens with one attached hydrogen (secondary N) is 1. The number of aryl methyl sites for hydroxylation is 2. The molecule has 0 unspecified atom stereocenters. The molecule has 0 aliphatic carbocycles. The Balaban J connectivity index is 2.06. The zero-order chi connectivity index (χ0) is 21.3. The fourth-order valence-corrected chi connectivity index (χ4v) is 3.55. The predicted molar refractivity (Wildman–Crippen MR) is 119 cm³/mol. The van der Waals surface area contributed by atoms with E-state index in [1.165, 1.54) is 4.90 Å². The largest absolute Gasteiger partial charge is 0.378 e. The highest BCUT2D eigenvalue weighted by atomic mass is 16.2. The number of amides is 2. The van der Waals surface area contributed by atoms with Gasteiger partial charge in [0.1, 0.15) is 5.70 Å². The number of hydrogen-bond donors (Lipinski definition) is 1. The maximum atomic E-state index is 13.2. The molecule has 1 N–H and O–H groups in total. The lowest BCUT2D eigenvalue weighted by molar-refractivity contribution is -0.137. The maximum Gasteiger partial charge on any atom is 0.278 e. The van der Waals surface area contributed by atoms with Gasteiger partial charge in [-0.15, -0.1) is 0 Å². The van der Waals surface area contributed by atoms with Crippen LogP contribution in [0.3, 0.4) is 0 Å². The van der Waals surface area contributed by atoms with E-state index in [0.29, 0.717) is 17.8 Å². The molecule has 0 radical (unpaired) electrons. The Bertz CT molecular complexity index is 972. The molecule has 5 nitrogen and oxygen atoms in total. The van der Waals surface area contributed by atoms with Crippen molar-refractivity contribution in [2.24, 2.45) is 5.92 Å². The van der Waals surface area contributed by atoms with Gasteiger partial charge in [0, 0.05) is 32.0 Å². The molecule has 2 aromatic carbocycles. The predicted octanol–water partition coefficient (Wildman–Crippen LogP) is 4.22. The minimum Gasteiger partial charge on any atom is -0.378 e. The van der Waals surface area contributed by atoms with Gasteiger partial charge in [-0.3, -0.25) is 14.5 Å². The fourth-order valence-electron chi connectivity index (χ4n) is 3.55. The number of carbonyl (C=O) groups is 2. The first-order valence-corrected chi connectivity index (χ1v) is 9.91. The summed E-state index contributed by atoms with van der Waals surface area (Å²) in [6, 6.07) is 13.7. The van der Waals surface area contributed by atoms with Gasteiger partial charge < -0.3 is 10.2 Å². The summed E-state index contributed by atoms with van der Waals surface area (Å²) < 4.78 is 0. The third-order valence-electron chi connectivity index (χ3n) is 5.02. The Hall–Kier alpha value is -3.08.